The number of thioether (sulfide) groups is 1. The summed E-state index contributed by atoms with van der Waals surface area (Å²) in [7, 11) is 0. The summed E-state index contributed by atoms with van der Waals surface area (Å²) in [4.78, 5) is 4.33. The lowest BCUT2D eigenvalue weighted by Crippen LogP contribution is -2.49. The number of nitrogens with one attached hydrogen (secondary N) is 1. The van der Waals surface area contributed by atoms with Gasteiger partial charge in [-0.1, -0.05) is 13.8 Å². The third-order valence-corrected chi connectivity index (χ3v) is 4.82. The molecule has 0 saturated heterocycles. The highest BCUT2D eigenvalue weighted by molar-refractivity contribution is 9.10. The van der Waals surface area contributed by atoms with Crippen LogP contribution in [0.1, 0.15) is 33.6 Å². The Morgan fingerprint density at radius 1 is 1.53 bits per heavy atom. The summed E-state index contributed by atoms with van der Waals surface area (Å²) in [5.74, 6) is 1.00. The van der Waals surface area contributed by atoms with Crippen LogP contribution in [0.3, 0.4) is 0 Å². The molecular weight excluding hydrogens is 324 g/mol. The van der Waals surface area contributed by atoms with Crippen LogP contribution in [0.2, 0.25) is 0 Å². The predicted molar refractivity (Wildman–Crippen MR) is 85.7 cm³/mol. The minimum Gasteiger partial charge on any atom is -0.394 e. The average molecular weight is 347 g/mol. The Labute approximate surface area is 128 Å². The fraction of sp³-hybridized carbons (Fsp3) is 0.643. The zero-order valence-corrected chi connectivity index (χ0v) is 14.2. The van der Waals surface area contributed by atoms with Gasteiger partial charge in [0.05, 0.1) is 6.61 Å². The molecule has 0 aliphatic carbocycles. The molecule has 108 valence electrons. The molecule has 0 aromatic carbocycles. The normalized spacial score (nSPS) is 14.6. The Morgan fingerprint density at radius 2 is 2.26 bits per heavy atom. The summed E-state index contributed by atoms with van der Waals surface area (Å²) < 4.78 is 1.05. The van der Waals surface area contributed by atoms with Crippen LogP contribution in [0.4, 0.5) is 0 Å². The Kier molecular flexibility index (Phi) is 7.36. The van der Waals surface area contributed by atoms with Gasteiger partial charge in [0, 0.05) is 22.3 Å². The van der Waals surface area contributed by atoms with E-state index in [0.717, 1.165) is 28.1 Å². The van der Waals surface area contributed by atoms with Gasteiger partial charge in [-0.05, 0) is 53.6 Å². The second kappa shape index (κ2) is 8.25. The number of aromatic nitrogens is 1. The number of aliphatic hydroxyl groups is 1. The Morgan fingerprint density at radius 3 is 2.84 bits per heavy atom. The van der Waals surface area contributed by atoms with Crippen molar-refractivity contribution in [2.24, 2.45) is 0 Å². The average Bonchev–Trinajstić information content (AvgIpc) is 2.36. The first-order valence-electron chi connectivity index (χ1n) is 6.59. The number of hydrogen-bond acceptors (Lipinski definition) is 4. The van der Waals surface area contributed by atoms with E-state index < -0.39 is 0 Å². The molecule has 0 aliphatic rings. The third kappa shape index (κ3) is 6.25. The Hall–Kier alpha value is -0.100. The van der Waals surface area contributed by atoms with Gasteiger partial charge < -0.3 is 10.4 Å². The molecule has 0 saturated carbocycles. The highest BCUT2D eigenvalue weighted by Crippen LogP contribution is 2.26. The molecular formula is C14H23BrN2OS. The molecule has 1 atom stereocenters. The summed E-state index contributed by atoms with van der Waals surface area (Å²) >= 11 is 5.25. The Balaban J connectivity index is 2.35. The largest absolute Gasteiger partial charge is 0.394 e. The van der Waals surface area contributed by atoms with Gasteiger partial charge in [0.25, 0.3) is 0 Å². The maximum Gasteiger partial charge on any atom is 0.110 e. The number of rotatable bonds is 8. The van der Waals surface area contributed by atoms with Crippen LogP contribution in [-0.4, -0.2) is 34.0 Å². The van der Waals surface area contributed by atoms with Crippen LogP contribution >= 0.6 is 27.7 Å². The van der Waals surface area contributed by atoms with Gasteiger partial charge in [0.2, 0.25) is 0 Å². The molecule has 0 amide bonds. The van der Waals surface area contributed by atoms with E-state index in [1.807, 2.05) is 18.3 Å². The van der Waals surface area contributed by atoms with Crippen LogP contribution in [0.5, 0.6) is 0 Å². The second-order valence-electron chi connectivity index (χ2n) is 5.26. The molecule has 0 bridgehead atoms. The highest BCUT2D eigenvalue weighted by Gasteiger charge is 2.23. The molecule has 1 unspecified atom stereocenters. The van der Waals surface area contributed by atoms with E-state index in [-0.39, 0.29) is 12.1 Å². The molecule has 0 aliphatic heterocycles. The SMILES string of the molecule is CC(C)NC(C)(CO)CCCSc1ncccc1Br. The highest BCUT2D eigenvalue weighted by atomic mass is 79.9. The molecule has 5 heteroatoms. The van der Waals surface area contributed by atoms with Crippen LogP contribution < -0.4 is 5.32 Å². The monoisotopic (exact) mass is 346 g/mol. The number of hydrogen-bond donors (Lipinski definition) is 2. The van der Waals surface area contributed by atoms with Crippen LogP contribution in [0.25, 0.3) is 0 Å². The van der Waals surface area contributed by atoms with Crippen molar-refractivity contribution in [3.05, 3.63) is 22.8 Å². The van der Waals surface area contributed by atoms with Crippen LogP contribution in [0, 0.1) is 0 Å². The van der Waals surface area contributed by atoms with Crippen molar-refractivity contribution in [1.82, 2.24) is 10.3 Å². The minimum absolute atomic E-state index is 0.170. The van der Waals surface area contributed by atoms with E-state index in [0.29, 0.717) is 6.04 Å². The zero-order chi connectivity index (χ0) is 14.3. The van der Waals surface area contributed by atoms with Crippen molar-refractivity contribution < 1.29 is 5.11 Å². The molecule has 0 spiro atoms. The summed E-state index contributed by atoms with van der Waals surface area (Å²) in [6, 6.07) is 4.31. The van der Waals surface area contributed by atoms with Crippen LogP contribution in [0.15, 0.2) is 27.8 Å². The predicted octanol–water partition coefficient (Wildman–Crippen LogP) is 3.47. The Bertz CT molecular complexity index is 389. The summed E-state index contributed by atoms with van der Waals surface area (Å²) in [5, 5.41) is 14.0. The first-order valence-corrected chi connectivity index (χ1v) is 8.36. The van der Waals surface area contributed by atoms with E-state index in [4.69, 9.17) is 0 Å². The van der Waals surface area contributed by atoms with Crippen molar-refractivity contribution in [3.8, 4) is 0 Å². The molecule has 19 heavy (non-hydrogen) atoms. The summed E-state index contributed by atoms with van der Waals surface area (Å²) in [6.07, 6.45) is 3.81. The lowest BCUT2D eigenvalue weighted by atomic mass is 9.96. The molecule has 1 heterocycles. The van der Waals surface area contributed by atoms with Crippen LogP contribution in [-0.2, 0) is 0 Å². The molecule has 1 aromatic rings. The molecule has 1 aromatic heterocycles. The maximum absolute atomic E-state index is 9.51. The number of pyridine rings is 1. The van der Waals surface area contributed by atoms with Gasteiger partial charge in [0.1, 0.15) is 5.03 Å². The van der Waals surface area contributed by atoms with Crippen molar-refractivity contribution in [1.29, 1.82) is 0 Å². The van der Waals surface area contributed by atoms with Gasteiger partial charge in [-0.2, -0.15) is 0 Å². The topological polar surface area (TPSA) is 45.1 Å². The van der Waals surface area contributed by atoms with E-state index >= 15 is 0 Å². The first-order chi connectivity index (χ1) is 8.97. The lowest BCUT2D eigenvalue weighted by Gasteiger charge is -2.31. The summed E-state index contributed by atoms with van der Waals surface area (Å²) in [5.41, 5.74) is -0.184. The van der Waals surface area contributed by atoms with Crippen molar-refractivity contribution in [2.45, 2.75) is 50.2 Å². The van der Waals surface area contributed by atoms with E-state index in [1.54, 1.807) is 11.8 Å². The van der Waals surface area contributed by atoms with Gasteiger partial charge in [-0.25, -0.2) is 4.98 Å². The van der Waals surface area contributed by atoms with Gasteiger partial charge >= 0.3 is 0 Å². The molecule has 2 N–H and O–H groups in total. The van der Waals surface area contributed by atoms with E-state index in [1.165, 1.54) is 0 Å². The molecule has 1 rings (SSSR count). The van der Waals surface area contributed by atoms with Crippen molar-refractivity contribution >= 4 is 27.7 Å². The third-order valence-electron chi connectivity index (χ3n) is 2.82. The smallest absolute Gasteiger partial charge is 0.110 e. The molecule has 0 radical (unpaired) electrons. The second-order valence-corrected chi connectivity index (χ2v) is 7.20. The fourth-order valence-corrected chi connectivity index (χ4v) is 3.42. The number of halogens is 1. The molecule has 0 fully saturated rings. The number of aliphatic hydroxyl groups excluding tert-OH is 1. The summed E-state index contributed by atoms with van der Waals surface area (Å²) in [6.45, 7) is 6.46. The van der Waals surface area contributed by atoms with Gasteiger partial charge in [-0.15, -0.1) is 11.8 Å². The number of nitrogens with zero attached hydrogens (tertiary/aromatic N) is 1. The van der Waals surface area contributed by atoms with E-state index in [9.17, 15) is 5.11 Å². The van der Waals surface area contributed by atoms with E-state index in [2.05, 4.69) is 47.0 Å². The maximum atomic E-state index is 9.51. The standard InChI is InChI=1S/C14H23BrN2OS/c1-11(2)17-14(3,10-18)7-5-9-19-13-12(15)6-4-8-16-13/h4,6,8,11,17-18H,5,7,9-10H2,1-3H3. The first kappa shape index (κ1) is 17.0. The quantitative estimate of drug-likeness (QED) is 0.558. The lowest BCUT2D eigenvalue weighted by molar-refractivity contribution is 0.156. The fourth-order valence-electron chi connectivity index (χ4n) is 2.00. The zero-order valence-electron chi connectivity index (χ0n) is 11.8. The molecule has 3 nitrogen and oxygen atoms in total. The van der Waals surface area contributed by atoms with Gasteiger partial charge in [0.15, 0.2) is 0 Å². The minimum atomic E-state index is -0.184. The van der Waals surface area contributed by atoms with Gasteiger partial charge in [-0.3, -0.25) is 0 Å². The van der Waals surface area contributed by atoms with Crippen molar-refractivity contribution in [3.63, 3.8) is 0 Å². The van der Waals surface area contributed by atoms with Crippen molar-refractivity contribution in [2.75, 3.05) is 12.4 Å².